The van der Waals surface area contributed by atoms with Crippen molar-refractivity contribution in [2.24, 2.45) is 29.1 Å². The first-order valence-electron chi connectivity index (χ1n) is 21.3. The number of amides is 2. The molecule has 3 aliphatic heterocycles. The fraction of sp³-hybridized carbons (Fsp3) is 0.659. The number of hydrogen-bond donors (Lipinski definition) is 1. The van der Waals surface area contributed by atoms with Gasteiger partial charge >= 0.3 is 5.97 Å². The van der Waals surface area contributed by atoms with Gasteiger partial charge in [-0.15, -0.1) is 0 Å². The van der Waals surface area contributed by atoms with E-state index in [0.717, 1.165) is 23.6 Å². The van der Waals surface area contributed by atoms with Crippen LogP contribution in [0, 0.1) is 29.1 Å². The van der Waals surface area contributed by atoms with E-state index >= 15 is 0 Å². The zero-order valence-electron chi connectivity index (χ0n) is 35.2. The molecule has 322 valence electrons. The van der Waals surface area contributed by atoms with Crippen LogP contribution in [0.3, 0.4) is 0 Å². The molecule has 1 aromatic heterocycles. The number of nitrogens with zero attached hydrogens (tertiary/aromatic N) is 3. The molecule has 7 atom stereocenters. The number of fused-ring (bicyclic) bond motifs is 3. The first-order chi connectivity index (χ1) is 28.0. The Morgan fingerprint density at radius 1 is 1.08 bits per heavy atom. The molecule has 14 nitrogen and oxygen atoms in total. The molecule has 4 heterocycles. The molecule has 7 rings (SSSR count). The number of Topliss-reactive ketones (excluding diaryl/α,β-unsaturated/α-hetero) is 1. The van der Waals surface area contributed by atoms with Gasteiger partial charge in [0.25, 0.3) is 0 Å². The molecule has 0 unspecified atom stereocenters. The molecule has 15 heteroatoms. The van der Waals surface area contributed by atoms with E-state index in [-0.39, 0.29) is 61.4 Å². The van der Waals surface area contributed by atoms with Crippen LogP contribution in [-0.2, 0) is 38.7 Å². The molecule has 2 saturated carbocycles. The third kappa shape index (κ3) is 9.25. The van der Waals surface area contributed by atoms with E-state index in [4.69, 9.17) is 23.9 Å². The highest BCUT2D eigenvalue weighted by Crippen LogP contribution is 2.58. The molecule has 1 N–H and O–H groups in total. The predicted octanol–water partition coefficient (Wildman–Crippen LogP) is 5.36. The maximum absolute atomic E-state index is 15.0. The summed E-state index contributed by atoms with van der Waals surface area (Å²) in [7, 11) is -2.36. The van der Waals surface area contributed by atoms with E-state index in [0.29, 0.717) is 69.4 Å². The van der Waals surface area contributed by atoms with Crippen molar-refractivity contribution in [1.29, 1.82) is 0 Å². The van der Waals surface area contributed by atoms with Crippen LogP contribution in [0.2, 0.25) is 0 Å². The number of ether oxygens (including phenoxy) is 4. The van der Waals surface area contributed by atoms with Gasteiger partial charge in [-0.1, -0.05) is 26.0 Å². The first-order valence-corrected chi connectivity index (χ1v) is 22.7. The molecule has 0 bridgehead atoms. The van der Waals surface area contributed by atoms with Crippen molar-refractivity contribution >= 4 is 50.2 Å². The van der Waals surface area contributed by atoms with Gasteiger partial charge < -0.3 is 28.7 Å². The number of morpholine rings is 1. The zero-order valence-corrected chi connectivity index (χ0v) is 36.1. The fourth-order valence-electron chi connectivity index (χ4n) is 9.10. The highest BCUT2D eigenvalue weighted by Gasteiger charge is 2.62. The van der Waals surface area contributed by atoms with E-state index in [9.17, 15) is 27.6 Å². The summed E-state index contributed by atoms with van der Waals surface area (Å²) in [6, 6.07) is 6.61. The van der Waals surface area contributed by atoms with Gasteiger partial charge in [0.2, 0.25) is 27.7 Å². The van der Waals surface area contributed by atoms with Crippen LogP contribution in [0.15, 0.2) is 36.4 Å². The van der Waals surface area contributed by atoms with Gasteiger partial charge in [-0.25, -0.2) is 8.42 Å². The van der Waals surface area contributed by atoms with Crippen LogP contribution in [0.25, 0.3) is 10.8 Å². The Bertz CT molecular complexity index is 2080. The lowest BCUT2D eigenvalue weighted by molar-refractivity contribution is -0.154. The van der Waals surface area contributed by atoms with Gasteiger partial charge in [-0.3, -0.25) is 23.9 Å². The third-order valence-electron chi connectivity index (χ3n) is 13.2. The number of carbonyl (C=O) groups is 4. The molecule has 0 spiro atoms. The van der Waals surface area contributed by atoms with Crippen LogP contribution in [0.5, 0.6) is 11.6 Å². The first kappa shape index (κ1) is 42.9. The monoisotopic (exact) mass is 836 g/mol. The molecular formula is C44H60N4O10S. The Morgan fingerprint density at radius 3 is 2.53 bits per heavy atom. The predicted molar refractivity (Wildman–Crippen MR) is 221 cm³/mol. The van der Waals surface area contributed by atoms with Gasteiger partial charge in [0.1, 0.15) is 17.7 Å². The van der Waals surface area contributed by atoms with Crippen molar-refractivity contribution in [3.05, 3.63) is 36.4 Å². The number of hydrogen-bond acceptors (Lipinski definition) is 12. The Labute approximate surface area is 347 Å². The number of allylic oxidation sites excluding steroid dienone is 2. The number of anilines is 1. The van der Waals surface area contributed by atoms with E-state index in [1.165, 1.54) is 0 Å². The summed E-state index contributed by atoms with van der Waals surface area (Å²) in [5, 5.41) is 1.58. The largest absolute Gasteiger partial charge is 0.497 e. The number of rotatable bonds is 10. The van der Waals surface area contributed by atoms with Gasteiger partial charge in [0.15, 0.2) is 5.78 Å². The van der Waals surface area contributed by atoms with E-state index in [2.05, 4.69) is 16.5 Å². The second-order valence-electron chi connectivity index (χ2n) is 18.1. The minimum absolute atomic E-state index is 0.0453. The number of ketones is 1. The second-order valence-corrected chi connectivity index (χ2v) is 20.3. The summed E-state index contributed by atoms with van der Waals surface area (Å²) < 4.78 is 51.4. The van der Waals surface area contributed by atoms with Crippen molar-refractivity contribution < 1.29 is 46.5 Å². The molecule has 2 aliphatic carbocycles. The standard InChI is InChI=1S/C44H60N4O10S/c1-27(2)57-39(50)23-35-29(4)19-28(3)9-7-8-10-31-24-44(31,42(52)46-59(53,54)43(5)13-14-43)25-37(49)36-22-33(26-48(36)41(35)51)58-40-34-12-11-32(55-6)20-30(34)21-38(45-40)47-15-17-56-18-16-47/h8,10-12,20-21,27-29,31,33,35-36H,7,9,13-19,22-26H2,1-6H3,(H,46,52)/b10-8-/t28-,29+,31+,33+,35-,36-,44+/m0/s1. The lowest BCUT2D eigenvalue weighted by Gasteiger charge is -2.32. The van der Waals surface area contributed by atoms with Gasteiger partial charge in [0, 0.05) is 31.3 Å². The summed E-state index contributed by atoms with van der Waals surface area (Å²) in [6.07, 6.45) is 6.11. The average molecular weight is 837 g/mol. The minimum atomic E-state index is -3.96. The average Bonchev–Trinajstić information content (AvgIpc) is 4.08. The number of aromatic nitrogens is 1. The Hall–Kier alpha value is -4.24. The molecule has 0 radical (unpaired) electrons. The van der Waals surface area contributed by atoms with Crippen molar-refractivity contribution in [2.75, 3.05) is 44.9 Å². The highest BCUT2D eigenvalue weighted by molar-refractivity contribution is 7.91. The Kier molecular flexibility index (Phi) is 12.4. The normalized spacial score (nSPS) is 30.4. The Balaban J connectivity index is 1.24. The maximum Gasteiger partial charge on any atom is 0.306 e. The topological polar surface area (TPSA) is 171 Å². The van der Waals surface area contributed by atoms with E-state index < -0.39 is 50.1 Å². The zero-order chi connectivity index (χ0) is 42.3. The number of sulfonamides is 1. The van der Waals surface area contributed by atoms with Gasteiger partial charge in [-0.2, -0.15) is 4.98 Å². The number of methoxy groups -OCH3 is 1. The number of benzene rings is 1. The maximum atomic E-state index is 15.0. The molecule has 2 amide bonds. The van der Waals surface area contributed by atoms with Crippen molar-refractivity contribution in [1.82, 2.24) is 14.6 Å². The van der Waals surface area contributed by atoms with E-state index in [1.807, 2.05) is 43.3 Å². The van der Waals surface area contributed by atoms with Crippen LogP contribution in [0.1, 0.15) is 92.4 Å². The van der Waals surface area contributed by atoms with Crippen LogP contribution >= 0.6 is 0 Å². The molecule has 5 aliphatic rings. The van der Waals surface area contributed by atoms with Gasteiger partial charge in [-0.05, 0) is 107 Å². The third-order valence-corrected chi connectivity index (χ3v) is 15.3. The number of esters is 1. The number of nitrogens with one attached hydrogen (secondary N) is 1. The fourth-order valence-corrected chi connectivity index (χ4v) is 10.4. The lowest BCUT2D eigenvalue weighted by Crippen LogP contribution is -2.48. The number of pyridine rings is 1. The molecule has 1 aromatic carbocycles. The minimum Gasteiger partial charge on any atom is -0.497 e. The molecule has 4 fully saturated rings. The van der Waals surface area contributed by atoms with Crippen LogP contribution in [0.4, 0.5) is 5.82 Å². The van der Waals surface area contributed by atoms with Crippen LogP contribution in [-0.4, -0.2) is 105 Å². The summed E-state index contributed by atoms with van der Waals surface area (Å²) in [4.78, 5) is 65.8. The second kappa shape index (κ2) is 17.0. The molecular weight excluding hydrogens is 777 g/mol. The van der Waals surface area contributed by atoms with Crippen LogP contribution < -0.4 is 19.1 Å². The van der Waals surface area contributed by atoms with Crippen molar-refractivity contribution in [2.45, 2.75) is 115 Å². The number of carbonyl (C=O) groups excluding carboxylic acids is 4. The lowest BCUT2D eigenvalue weighted by atomic mass is 9.82. The van der Waals surface area contributed by atoms with E-state index in [1.54, 1.807) is 32.8 Å². The van der Waals surface area contributed by atoms with Crippen molar-refractivity contribution in [3.63, 3.8) is 0 Å². The SMILES string of the molecule is COc1ccc2c(O[C@@H]3C[C@H]4C(=O)C[C@]5(C(=O)NS(=O)(=O)C6(C)CC6)C[C@H]5/C=C\CC[C@H](C)C[C@@H](C)[C@H](CC(=O)OC(C)C)C(=O)N4C3)nc(N3CCOCC3)cc2c1. The Morgan fingerprint density at radius 2 is 1.83 bits per heavy atom. The van der Waals surface area contributed by atoms with Crippen molar-refractivity contribution in [3.8, 4) is 11.6 Å². The highest BCUT2D eigenvalue weighted by atomic mass is 32.2. The smallest absolute Gasteiger partial charge is 0.306 e. The molecule has 2 saturated heterocycles. The summed E-state index contributed by atoms with van der Waals surface area (Å²) in [6.45, 7) is 11.7. The molecule has 2 aromatic rings. The van der Waals surface area contributed by atoms with Gasteiger partial charge in [0.05, 0.1) is 61.5 Å². The molecule has 59 heavy (non-hydrogen) atoms. The summed E-state index contributed by atoms with van der Waals surface area (Å²) >= 11 is 0. The quantitative estimate of drug-likeness (QED) is 0.241. The summed E-state index contributed by atoms with van der Waals surface area (Å²) in [5.41, 5.74) is -1.28. The summed E-state index contributed by atoms with van der Waals surface area (Å²) in [5.74, 6) is -1.26.